The van der Waals surface area contributed by atoms with E-state index in [0.717, 1.165) is 25.0 Å². The highest BCUT2D eigenvalue weighted by Crippen LogP contribution is 2.32. The standard InChI is InChI=1S/C19H11BrN2O3S/c1-24-15-8-11(20)6-10-7-12(18(23)25-17(10)15)13-9-22-14-4-2-3-5-16(14)26-19(22)21-13/h2-9H,1H3. The highest BCUT2D eigenvalue weighted by Gasteiger charge is 2.16. The molecule has 0 atom stereocenters. The van der Waals surface area contributed by atoms with Gasteiger partial charge in [-0.2, -0.15) is 0 Å². The van der Waals surface area contributed by atoms with E-state index in [4.69, 9.17) is 9.15 Å². The number of para-hydroxylation sites is 1. The molecule has 5 aromatic rings. The molecule has 0 fully saturated rings. The van der Waals surface area contributed by atoms with Crippen molar-refractivity contribution in [3.63, 3.8) is 0 Å². The number of methoxy groups -OCH3 is 1. The highest BCUT2D eigenvalue weighted by molar-refractivity contribution is 9.10. The molecule has 5 nitrogen and oxygen atoms in total. The number of rotatable bonds is 2. The Bertz CT molecular complexity index is 1370. The number of aromatic nitrogens is 2. The highest BCUT2D eigenvalue weighted by atomic mass is 79.9. The minimum absolute atomic E-state index is 0.427. The van der Waals surface area contributed by atoms with Crippen molar-refractivity contribution in [1.82, 2.24) is 9.38 Å². The van der Waals surface area contributed by atoms with Gasteiger partial charge in [-0.05, 0) is 30.3 Å². The predicted molar refractivity (Wildman–Crippen MR) is 106 cm³/mol. The van der Waals surface area contributed by atoms with Crippen LogP contribution in [0.2, 0.25) is 0 Å². The van der Waals surface area contributed by atoms with E-state index < -0.39 is 5.63 Å². The first-order valence-electron chi connectivity index (χ1n) is 7.82. The number of fused-ring (bicyclic) bond motifs is 4. The molecule has 0 aliphatic carbocycles. The Balaban J connectivity index is 1.77. The van der Waals surface area contributed by atoms with E-state index in [1.165, 1.54) is 0 Å². The molecule has 5 rings (SSSR count). The number of hydrogen-bond donors (Lipinski definition) is 0. The summed E-state index contributed by atoms with van der Waals surface area (Å²) in [6.45, 7) is 0. The summed E-state index contributed by atoms with van der Waals surface area (Å²) in [6, 6.07) is 13.5. The summed E-state index contributed by atoms with van der Waals surface area (Å²) in [4.78, 5) is 18.0. The predicted octanol–water partition coefficient (Wildman–Crippen LogP) is 5.09. The van der Waals surface area contributed by atoms with Crippen molar-refractivity contribution in [2.45, 2.75) is 0 Å². The smallest absolute Gasteiger partial charge is 0.345 e. The molecule has 0 N–H and O–H groups in total. The molecule has 3 heterocycles. The molecular formula is C19H11BrN2O3S. The minimum atomic E-state index is -0.437. The Morgan fingerprint density at radius 3 is 2.92 bits per heavy atom. The number of thiazole rings is 1. The molecule has 26 heavy (non-hydrogen) atoms. The quantitative estimate of drug-likeness (QED) is 0.368. The van der Waals surface area contributed by atoms with Gasteiger partial charge in [0.25, 0.3) is 0 Å². The Kier molecular flexibility index (Phi) is 3.41. The Labute approximate surface area is 159 Å². The number of benzene rings is 2. The molecule has 2 aromatic carbocycles. The summed E-state index contributed by atoms with van der Waals surface area (Å²) in [7, 11) is 1.55. The van der Waals surface area contributed by atoms with Crippen LogP contribution in [-0.2, 0) is 0 Å². The summed E-state index contributed by atoms with van der Waals surface area (Å²) in [6.07, 6.45) is 1.88. The van der Waals surface area contributed by atoms with Gasteiger partial charge in [0.1, 0.15) is 0 Å². The topological polar surface area (TPSA) is 56.7 Å². The third kappa shape index (κ3) is 2.28. The lowest BCUT2D eigenvalue weighted by atomic mass is 10.1. The molecule has 3 aromatic heterocycles. The molecule has 0 unspecified atom stereocenters. The van der Waals surface area contributed by atoms with Crippen LogP contribution in [0.4, 0.5) is 0 Å². The van der Waals surface area contributed by atoms with Crippen molar-refractivity contribution in [1.29, 1.82) is 0 Å². The van der Waals surface area contributed by atoms with Crippen molar-refractivity contribution in [3.8, 4) is 17.0 Å². The SMILES string of the molecule is COc1cc(Br)cc2cc(-c3cn4c(n3)sc3ccccc34)c(=O)oc12. The Morgan fingerprint density at radius 1 is 1.23 bits per heavy atom. The number of nitrogens with zero attached hydrogens (tertiary/aromatic N) is 2. The molecule has 128 valence electrons. The van der Waals surface area contributed by atoms with Crippen LogP contribution < -0.4 is 10.4 Å². The van der Waals surface area contributed by atoms with Crippen molar-refractivity contribution in [2.24, 2.45) is 0 Å². The van der Waals surface area contributed by atoms with Crippen LogP contribution in [0.25, 0.3) is 37.4 Å². The Morgan fingerprint density at radius 2 is 2.08 bits per heavy atom. The second kappa shape index (κ2) is 5.69. The molecule has 0 amide bonds. The van der Waals surface area contributed by atoms with Gasteiger partial charge < -0.3 is 9.15 Å². The maximum Gasteiger partial charge on any atom is 0.345 e. The summed E-state index contributed by atoms with van der Waals surface area (Å²) < 4.78 is 14.8. The second-order valence-corrected chi connectivity index (χ2v) is 7.75. The second-order valence-electron chi connectivity index (χ2n) is 5.82. The lowest BCUT2D eigenvalue weighted by Gasteiger charge is -2.06. The number of halogens is 1. The summed E-state index contributed by atoms with van der Waals surface area (Å²) >= 11 is 5.04. The van der Waals surface area contributed by atoms with Gasteiger partial charge in [-0.1, -0.05) is 39.4 Å². The largest absolute Gasteiger partial charge is 0.493 e. The number of hydrogen-bond acceptors (Lipinski definition) is 5. The van der Waals surface area contributed by atoms with E-state index in [1.807, 2.05) is 34.9 Å². The molecule has 0 saturated carbocycles. The van der Waals surface area contributed by atoms with Crippen LogP contribution in [0.3, 0.4) is 0 Å². The Hall–Kier alpha value is -2.64. The first kappa shape index (κ1) is 15.6. The van der Waals surface area contributed by atoms with Crippen LogP contribution >= 0.6 is 27.3 Å². The maximum atomic E-state index is 12.6. The van der Waals surface area contributed by atoms with Crippen LogP contribution in [0.1, 0.15) is 0 Å². The van der Waals surface area contributed by atoms with E-state index >= 15 is 0 Å². The lowest BCUT2D eigenvalue weighted by molar-refractivity contribution is 0.406. The molecular weight excluding hydrogens is 416 g/mol. The van der Waals surface area contributed by atoms with Crippen LogP contribution in [0, 0.1) is 0 Å². The molecule has 0 spiro atoms. The lowest BCUT2D eigenvalue weighted by Crippen LogP contribution is -2.03. The maximum absolute atomic E-state index is 12.6. The number of imidazole rings is 1. The molecule has 0 saturated heterocycles. The van der Waals surface area contributed by atoms with E-state index in [0.29, 0.717) is 22.6 Å². The summed E-state index contributed by atoms with van der Waals surface area (Å²) in [5.74, 6) is 0.509. The van der Waals surface area contributed by atoms with Gasteiger partial charge in [-0.25, -0.2) is 9.78 Å². The first-order chi connectivity index (χ1) is 12.6. The molecule has 0 aliphatic heterocycles. The molecule has 0 aliphatic rings. The van der Waals surface area contributed by atoms with Gasteiger partial charge in [-0.15, -0.1) is 0 Å². The number of ether oxygens (including phenoxy) is 1. The third-order valence-corrected chi connectivity index (χ3v) is 5.75. The zero-order chi connectivity index (χ0) is 17.8. The van der Waals surface area contributed by atoms with Crippen molar-refractivity contribution >= 4 is 53.4 Å². The normalized spacial score (nSPS) is 11.6. The van der Waals surface area contributed by atoms with E-state index in [2.05, 4.69) is 27.0 Å². The van der Waals surface area contributed by atoms with Gasteiger partial charge in [0.05, 0.1) is 28.6 Å². The van der Waals surface area contributed by atoms with Gasteiger partial charge in [0.2, 0.25) is 0 Å². The minimum Gasteiger partial charge on any atom is -0.493 e. The average Bonchev–Trinajstić information content (AvgIpc) is 3.18. The average molecular weight is 427 g/mol. The van der Waals surface area contributed by atoms with E-state index in [-0.39, 0.29) is 0 Å². The monoisotopic (exact) mass is 426 g/mol. The fourth-order valence-corrected chi connectivity index (χ4v) is 4.54. The van der Waals surface area contributed by atoms with Crippen LogP contribution in [0.5, 0.6) is 5.75 Å². The van der Waals surface area contributed by atoms with E-state index in [9.17, 15) is 4.79 Å². The van der Waals surface area contributed by atoms with E-state index in [1.54, 1.807) is 30.6 Å². The van der Waals surface area contributed by atoms with Crippen LogP contribution in [0.15, 0.2) is 62.3 Å². The zero-order valence-electron chi connectivity index (χ0n) is 13.5. The zero-order valence-corrected chi connectivity index (χ0v) is 15.9. The van der Waals surface area contributed by atoms with Crippen molar-refractivity contribution < 1.29 is 9.15 Å². The molecule has 0 bridgehead atoms. The van der Waals surface area contributed by atoms with Gasteiger partial charge in [-0.3, -0.25) is 4.40 Å². The van der Waals surface area contributed by atoms with Gasteiger partial charge in [0.15, 0.2) is 16.3 Å². The van der Waals surface area contributed by atoms with Crippen LogP contribution in [-0.4, -0.2) is 16.5 Å². The fourth-order valence-electron chi connectivity index (χ4n) is 3.08. The van der Waals surface area contributed by atoms with Crippen molar-refractivity contribution in [3.05, 3.63) is 63.6 Å². The third-order valence-electron chi connectivity index (χ3n) is 4.26. The first-order valence-corrected chi connectivity index (χ1v) is 9.43. The summed E-state index contributed by atoms with van der Waals surface area (Å²) in [5.41, 5.74) is 2.08. The molecule has 0 radical (unpaired) electrons. The molecule has 7 heteroatoms. The van der Waals surface area contributed by atoms with Gasteiger partial charge >= 0.3 is 5.63 Å². The van der Waals surface area contributed by atoms with Crippen molar-refractivity contribution in [2.75, 3.05) is 7.11 Å². The van der Waals surface area contributed by atoms with Gasteiger partial charge in [0, 0.05) is 16.1 Å². The fraction of sp³-hybridized carbons (Fsp3) is 0.0526. The summed E-state index contributed by atoms with van der Waals surface area (Å²) in [5, 5.41) is 0.770.